The van der Waals surface area contributed by atoms with Gasteiger partial charge in [0, 0.05) is 16.6 Å². The average molecular weight is 487 g/mol. The molecule has 0 bridgehead atoms. The van der Waals surface area contributed by atoms with Gasteiger partial charge in [-0.3, -0.25) is 10.1 Å². The van der Waals surface area contributed by atoms with Gasteiger partial charge in [0.05, 0.1) is 12.2 Å². The van der Waals surface area contributed by atoms with E-state index in [0.717, 1.165) is 16.5 Å². The summed E-state index contributed by atoms with van der Waals surface area (Å²) in [7, 11) is 0. The summed E-state index contributed by atoms with van der Waals surface area (Å²) in [6.45, 7) is 6.60. The van der Waals surface area contributed by atoms with Crippen molar-refractivity contribution in [2.24, 2.45) is 5.92 Å². The van der Waals surface area contributed by atoms with Crippen LogP contribution in [0.25, 0.3) is 22.1 Å². The number of carbonyl (C=O) groups is 1. The fourth-order valence-corrected chi connectivity index (χ4v) is 3.83. The largest absolute Gasteiger partial charge is 0.493 e. The topological polar surface area (TPSA) is 80.6 Å². The molecule has 2 N–H and O–H groups in total. The number of rotatable bonds is 6. The molecule has 0 saturated carbocycles. The minimum Gasteiger partial charge on any atom is -0.493 e. The molecule has 0 atom stereocenters. The first kappa shape index (κ1) is 24.2. The van der Waals surface area contributed by atoms with Gasteiger partial charge in [-0.2, -0.15) is 0 Å². The Hall–Kier alpha value is -3.97. The highest BCUT2D eigenvalue weighted by Gasteiger charge is 2.13. The molecule has 0 aliphatic heterocycles. The molecule has 0 radical (unpaired) electrons. The quantitative estimate of drug-likeness (QED) is 0.260. The molecule has 0 aliphatic rings. The molecule has 0 fully saturated rings. The Morgan fingerprint density at radius 1 is 1.00 bits per heavy atom. The zero-order valence-electron chi connectivity index (χ0n) is 19.8. The van der Waals surface area contributed by atoms with Crippen LogP contribution in [0.5, 0.6) is 5.75 Å². The Bertz CT molecular complexity index is 1460. The molecule has 3 aromatic carbocycles. The average Bonchev–Trinajstić information content (AvgIpc) is 2.83. The summed E-state index contributed by atoms with van der Waals surface area (Å²) in [5.74, 6) is 0.684. The van der Waals surface area contributed by atoms with Gasteiger partial charge in [-0.05, 0) is 78.7 Å². The van der Waals surface area contributed by atoms with Crippen LogP contribution in [0.3, 0.4) is 0 Å². The molecule has 7 heteroatoms. The van der Waals surface area contributed by atoms with Crippen molar-refractivity contribution in [2.45, 2.75) is 20.8 Å². The van der Waals surface area contributed by atoms with E-state index in [1.165, 1.54) is 0 Å². The van der Waals surface area contributed by atoms with E-state index in [0.29, 0.717) is 40.7 Å². The Morgan fingerprint density at radius 3 is 2.57 bits per heavy atom. The van der Waals surface area contributed by atoms with E-state index in [2.05, 4.69) is 24.5 Å². The predicted molar refractivity (Wildman–Crippen MR) is 143 cm³/mol. The molecule has 4 rings (SSSR count). The number of benzene rings is 3. The van der Waals surface area contributed by atoms with Gasteiger partial charge < -0.3 is 14.5 Å². The van der Waals surface area contributed by atoms with Crippen molar-refractivity contribution >= 4 is 39.9 Å². The fourth-order valence-electron chi connectivity index (χ4n) is 3.62. The van der Waals surface area contributed by atoms with Crippen LogP contribution in [0, 0.1) is 12.8 Å². The third-order valence-corrected chi connectivity index (χ3v) is 5.53. The van der Waals surface area contributed by atoms with E-state index < -0.39 is 5.63 Å². The van der Waals surface area contributed by atoms with Crippen LogP contribution in [0.15, 0.2) is 82.0 Å². The van der Waals surface area contributed by atoms with Gasteiger partial charge in [0.1, 0.15) is 11.3 Å². The molecule has 0 unspecified atom stereocenters. The first-order valence-electron chi connectivity index (χ1n) is 11.3. The van der Waals surface area contributed by atoms with Crippen molar-refractivity contribution in [1.29, 1.82) is 0 Å². The summed E-state index contributed by atoms with van der Waals surface area (Å²) < 4.78 is 11.2. The lowest BCUT2D eigenvalue weighted by Gasteiger charge is -2.13. The Labute approximate surface area is 208 Å². The van der Waals surface area contributed by atoms with E-state index >= 15 is 0 Å². The van der Waals surface area contributed by atoms with Gasteiger partial charge in [0.2, 0.25) is 0 Å². The summed E-state index contributed by atoms with van der Waals surface area (Å²) in [4.78, 5) is 25.2. The summed E-state index contributed by atoms with van der Waals surface area (Å²) in [5.41, 5.74) is 3.42. The Morgan fingerprint density at radius 2 is 1.80 bits per heavy atom. The molecule has 0 aliphatic carbocycles. The van der Waals surface area contributed by atoms with Gasteiger partial charge in [0.15, 0.2) is 5.11 Å². The molecular formula is C28H26N2O4S. The van der Waals surface area contributed by atoms with Gasteiger partial charge in [-0.15, -0.1) is 0 Å². The molecule has 1 amide bonds. The number of ether oxygens (including phenoxy) is 1. The van der Waals surface area contributed by atoms with Gasteiger partial charge in [-0.1, -0.05) is 44.2 Å². The maximum Gasteiger partial charge on any atom is 0.344 e. The standard InChI is InChI=1S/C28H26N2O4S/c1-17(2)16-33-22-9-6-8-20(14-22)26(31)30-28(35)29-21-11-12-23(18(3)13-21)24-15-19-7-4-5-10-25(19)34-27(24)32/h4-15,17H,16H2,1-3H3,(H2,29,30,31,35). The molecule has 1 aromatic heterocycles. The van der Waals surface area contributed by atoms with Crippen molar-refractivity contribution in [2.75, 3.05) is 11.9 Å². The number of hydrogen-bond donors (Lipinski definition) is 2. The van der Waals surface area contributed by atoms with Gasteiger partial charge >= 0.3 is 5.63 Å². The highest BCUT2D eigenvalue weighted by atomic mass is 32.1. The number of anilines is 1. The van der Waals surface area contributed by atoms with E-state index in [9.17, 15) is 9.59 Å². The van der Waals surface area contributed by atoms with Crippen LogP contribution in [-0.2, 0) is 0 Å². The lowest BCUT2D eigenvalue weighted by molar-refractivity contribution is 0.0977. The minimum absolute atomic E-state index is 0.167. The van der Waals surface area contributed by atoms with Crippen LogP contribution in [0.2, 0.25) is 0 Å². The molecule has 35 heavy (non-hydrogen) atoms. The number of carbonyl (C=O) groups excluding carboxylic acids is 1. The van der Waals surface area contributed by atoms with Crippen molar-refractivity contribution in [3.8, 4) is 16.9 Å². The summed E-state index contributed by atoms with van der Waals surface area (Å²) >= 11 is 5.33. The smallest absolute Gasteiger partial charge is 0.344 e. The maximum absolute atomic E-state index is 12.6. The molecular weight excluding hydrogens is 460 g/mol. The first-order valence-corrected chi connectivity index (χ1v) is 11.7. The van der Waals surface area contributed by atoms with E-state index in [4.69, 9.17) is 21.4 Å². The lowest BCUT2D eigenvalue weighted by atomic mass is 10.0. The number of nitrogens with one attached hydrogen (secondary N) is 2. The molecule has 4 aromatic rings. The van der Waals surface area contributed by atoms with Crippen LogP contribution < -0.4 is 21.0 Å². The van der Waals surface area contributed by atoms with E-state index in [-0.39, 0.29) is 11.0 Å². The number of amides is 1. The summed E-state index contributed by atoms with van der Waals surface area (Å²) in [6.07, 6.45) is 0. The normalized spacial score (nSPS) is 10.9. The molecule has 6 nitrogen and oxygen atoms in total. The number of para-hydroxylation sites is 1. The predicted octanol–water partition coefficient (Wildman–Crippen LogP) is 5.93. The number of aryl methyl sites for hydroxylation is 1. The zero-order chi connectivity index (χ0) is 24.9. The second-order valence-corrected chi connectivity index (χ2v) is 9.06. The summed E-state index contributed by atoms with van der Waals surface area (Å²) in [6, 6.07) is 21.7. The summed E-state index contributed by atoms with van der Waals surface area (Å²) in [5, 5.41) is 6.74. The lowest BCUT2D eigenvalue weighted by Crippen LogP contribution is -2.34. The van der Waals surface area contributed by atoms with Crippen LogP contribution in [-0.4, -0.2) is 17.6 Å². The second-order valence-electron chi connectivity index (χ2n) is 8.66. The van der Waals surface area contributed by atoms with Crippen molar-refractivity contribution in [1.82, 2.24) is 5.32 Å². The van der Waals surface area contributed by atoms with Crippen molar-refractivity contribution in [3.05, 3.63) is 94.3 Å². The van der Waals surface area contributed by atoms with Crippen LogP contribution in [0.1, 0.15) is 29.8 Å². The van der Waals surface area contributed by atoms with E-state index in [1.54, 1.807) is 30.3 Å². The molecule has 0 spiro atoms. The van der Waals surface area contributed by atoms with Crippen LogP contribution in [0.4, 0.5) is 5.69 Å². The van der Waals surface area contributed by atoms with Gasteiger partial charge in [0.25, 0.3) is 5.91 Å². The maximum atomic E-state index is 12.6. The third kappa shape index (κ3) is 5.94. The number of thiocarbonyl (C=S) groups is 1. The highest BCUT2D eigenvalue weighted by molar-refractivity contribution is 7.80. The first-order chi connectivity index (χ1) is 16.8. The minimum atomic E-state index is -0.394. The highest BCUT2D eigenvalue weighted by Crippen LogP contribution is 2.26. The molecule has 178 valence electrons. The monoisotopic (exact) mass is 486 g/mol. The van der Waals surface area contributed by atoms with Crippen molar-refractivity contribution in [3.63, 3.8) is 0 Å². The zero-order valence-corrected chi connectivity index (χ0v) is 20.6. The SMILES string of the molecule is Cc1cc(NC(=S)NC(=O)c2cccc(OCC(C)C)c2)ccc1-c1cc2ccccc2oc1=O. The number of hydrogen-bond acceptors (Lipinski definition) is 5. The van der Waals surface area contributed by atoms with Crippen molar-refractivity contribution < 1.29 is 13.9 Å². The Kier molecular flexibility index (Phi) is 7.27. The fraction of sp³-hybridized carbons (Fsp3) is 0.179. The Balaban J connectivity index is 1.45. The van der Waals surface area contributed by atoms with E-state index in [1.807, 2.05) is 49.4 Å². The molecule has 0 saturated heterocycles. The second kappa shape index (κ2) is 10.5. The molecule has 1 heterocycles. The van der Waals surface area contributed by atoms with Crippen LogP contribution >= 0.6 is 12.2 Å². The van der Waals surface area contributed by atoms with Gasteiger partial charge in [-0.25, -0.2) is 4.79 Å². The number of fused-ring (bicyclic) bond motifs is 1. The third-order valence-electron chi connectivity index (χ3n) is 5.32.